The molecule has 0 aromatic heterocycles. The Morgan fingerprint density at radius 1 is 1.11 bits per heavy atom. The van der Waals surface area contributed by atoms with Crippen molar-refractivity contribution in [3.63, 3.8) is 0 Å². The fraction of sp³-hybridized carbons (Fsp3) is 0.364. The first-order chi connectivity index (χ1) is 12.7. The lowest BCUT2D eigenvalue weighted by molar-refractivity contribution is 0.0981. The molecule has 0 spiro atoms. The Labute approximate surface area is 160 Å². The quantitative estimate of drug-likeness (QED) is 0.867. The Hall–Kier alpha value is -2.82. The van der Waals surface area contributed by atoms with Crippen molar-refractivity contribution in [3.05, 3.63) is 65.2 Å². The van der Waals surface area contributed by atoms with E-state index >= 15 is 0 Å². The van der Waals surface area contributed by atoms with E-state index in [9.17, 15) is 9.59 Å². The first-order valence-electron chi connectivity index (χ1n) is 9.31. The minimum Gasteiger partial charge on any atom is -0.334 e. The zero-order valence-corrected chi connectivity index (χ0v) is 16.4. The summed E-state index contributed by atoms with van der Waals surface area (Å²) in [4.78, 5) is 26.9. The highest BCUT2D eigenvalue weighted by molar-refractivity contribution is 6.07. The molecule has 3 amide bonds. The van der Waals surface area contributed by atoms with Gasteiger partial charge in [0.05, 0.1) is 0 Å². The summed E-state index contributed by atoms with van der Waals surface area (Å²) in [5, 5.41) is 5.76. The molecule has 0 saturated carbocycles. The van der Waals surface area contributed by atoms with E-state index in [2.05, 4.69) is 23.6 Å². The average Bonchev–Trinajstić information content (AvgIpc) is 2.93. The van der Waals surface area contributed by atoms with E-state index in [0.717, 1.165) is 23.2 Å². The summed E-state index contributed by atoms with van der Waals surface area (Å²) < 4.78 is 0. The van der Waals surface area contributed by atoms with E-state index in [0.29, 0.717) is 12.1 Å². The molecule has 5 heteroatoms. The molecule has 2 aromatic rings. The van der Waals surface area contributed by atoms with Crippen molar-refractivity contribution in [1.82, 2.24) is 10.6 Å². The molecule has 0 fully saturated rings. The predicted molar refractivity (Wildman–Crippen MR) is 108 cm³/mol. The Bertz CT molecular complexity index is 840. The van der Waals surface area contributed by atoms with Crippen LogP contribution in [0.3, 0.4) is 0 Å². The number of amides is 3. The molecule has 1 aliphatic heterocycles. The molecule has 1 heterocycles. The molecular weight excluding hydrogens is 338 g/mol. The molecule has 0 unspecified atom stereocenters. The predicted octanol–water partition coefficient (Wildman–Crippen LogP) is 3.88. The van der Waals surface area contributed by atoms with Gasteiger partial charge < -0.3 is 15.5 Å². The summed E-state index contributed by atoms with van der Waals surface area (Å²) in [6.07, 6.45) is 0.839. The summed E-state index contributed by atoms with van der Waals surface area (Å²) in [5.74, 6) is 0.0115. The van der Waals surface area contributed by atoms with Gasteiger partial charge in [-0.3, -0.25) is 4.79 Å². The van der Waals surface area contributed by atoms with Crippen molar-refractivity contribution in [2.24, 2.45) is 0 Å². The van der Waals surface area contributed by atoms with Crippen LogP contribution in [0.5, 0.6) is 0 Å². The maximum absolute atomic E-state index is 13.0. The number of hydrogen-bond donors (Lipinski definition) is 2. The molecule has 1 atom stereocenters. The maximum Gasteiger partial charge on any atom is 0.315 e. The molecule has 0 aliphatic carbocycles. The van der Waals surface area contributed by atoms with Crippen LogP contribution in [0.25, 0.3) is 0 Å². The largest absolute Gasteiger partial charge is 0.334 e. The van der Waals surface area contributed by atoms with E-state index < -0.39 is 0 Å². The zero-order chi connectivity index (χ0) is 19.6. The highest BCUT2D eigenvalue weighted by Gasteiger charge is 2.31. The molecule has 5 nitrogen and oxygen atoms in total. The zero-order valence-electron chi connectivity index (χ0n) is 16.4. The number of carbonyl (C=O) groups excluding carboxylic acids is 2. The summed E-state index contributed by atoms with van der Waals surface area (Å²) in [6, 6.07) is 15.3. The monoisotopic (exact) mass is 365 g/mol. The van der Waals surface area contributed by atoms with Gasteiger partial charge in [0.15, 0.2) is 0 Å². The smallest absolute Gasteiger partial charge is 0.315 e. The van der Waals surface area contributed by atoms with Crippen LogP contribution >= 0.6 is 0 Å². The third kappa shape index (κ3) is 4.48. The van der Waals surface area contributed by atoms with Crippen LogP contribution in [-0.4, -0.2) is 23.5 Å². The first kappa shape index (κ1) is 19.0. The van der Waals surface area contributed by atoms with Crippen LogP contribution in [-0.2, 0) is 13.0 Å². The van der Waals surface area contributed by atoms with Crippen LogP contribution in [0.15, 0.2) is 48.5 Å². The average molecular weight is 365 g/mol. The van der Waals surface area contributed by atoms with Gasteiger partial charge in [0.1, 0.15) is 0 Å². The highest BCUT2D eigenvalue weighted by Crippen LogP contribution is 2.34. The van der Waals surface area contributed by atoms with Crippen LogP contribution in [0.4, 0.5) is 10.5 Å². The number of hydrogen-bond acceptors (Lipinski definition) is 2. The fourth-order valence-corrected chi connectivity index (χ4v) is 3.36. The van der Waals surface area contributed by atoms with Gasteiger partial charge in [-0.2, -0.15) is 0 Å². The van der Waals surface area contributed by atoms with Crippen molar-refractivity contribution in [2.45, 2.75) is 52.2 Å². The molecular formula is C22H27N3O2. The lowest BCUT2D eigenvalue weighted by Gasteiger charge is -2.23. The molecule has 142 valence electrons. The molecule has 2 aromatic carbocycles. The summed E-state index contributed by atoms with van der Waals surface area (Å²) in [6.45, 7) is 8.30. The van der Waals surface area contributed by atoms with Gasteiger partial charge in [-0.05, 0) is 63.4 Å². The van der Waals surface area contributed by atoms with E-state index in [-0.39, 0.29) is 23.5 Å². The third-order valence-corrected chi connectivity index (χ3v) is 4.55. The highest BCUT2D eigenvalue weighted by atomic mass is 16.2. The maximum atomic E-state index is 13.0. The summed E-state index contributed by atoms with van der Waals surface area (Å²) in [5.41, 5.74) is 3.47. The Kier molecular flexibility index (Phi) is 5.22. The van der Waals surface area contributed by atoms with Crippen molar-refractivity contribution in [2.75, 3.05) is 4.90 Å². The van der Waals surface area contributed by atoms with Crippen molar-refractivity contribution >= 4 is 17.6 Å². The number of rotatable bonds is 3. The lowest BCUT2D eigenvalue weighted by atomic mass is 10.1. The van der Waals surface area contributed by atoms with Crippen LogP contribution in [0, 0.1) is 0 Å². The second kappa shape index (κ2) is 7.43. The standard InChI is InChI=1S/C22H27N3O2/c1-15-12-18-11-10-16(14-23-21(27)24-22(2,3)4)13-19(18)25(15)20(26)17-8-6-5-7-9-17/h5-11,13,15H,12,14H2,1-4H3,(H2,23,24,27)/t15-/m1/s1. The molecule has 3 rings (SSSR count). The molecule has 27 heavy (non-hydrogen) atoms. The molecule has 1 aliphatic rings. The van der Waals surface area contributed by atoms with Crippen LogP contribution in [0.1, 0.15) is 49.2 Å². The number of fused-ring (bicyclic) bond motifs is 1. The second-order valence-electron chi connectivity index (χ2n) is 8.12. The van der Waals surface area contributed by atoms with Crippen LogP contribution < -0.4 is 15.5 Å². The Morgan fingerprint density at radius 3 is 2.48 bits per heavy atom. The van der Waals surface area contributed by atoms with Gasteiger partial charge in [0.25, 0.3) is 5.91 Å². The molecule has 0 radical (unpaired) electrons. The minimum atomic E-state index is -0.281. The minimum absolute atomic E-state index is 0.0115. The van der Waals surface area contributed by atoms with Gasteiger partial charge in [-0.15, -0.1) is 0 Å². The number of benzene rings is 2. The van der Waals surface area contributed by atoms with Crippen molar-refractivity contribution in [3.8, 4) is 0 Å². The molecule has 0 saturated heterocycles. The van der Waals surface area contributed by atoms with E-state index in [1.807, 2.05) is 68.1 Å². The number of nitrogens with one attached hydrogen (secondary N) is 2. The number of nitrogens with zero attached hydrogens (tertiary/aromatic N) is 1. The van der Waals surface area contributed by atoms with E-state index in [1.54, 1.807) is 0 Å². The van der Waals surface area contributed by atoms with Gasteiger partial charge in [0, 0.05) is 29.4 Å². The summed E-state index contributed by atoms with van der Waals surface area (Å²) >= 11 is 0. The number of urea groups is 1. The van der Waals surface area contributed by atoms with Gasteiger partial charge in [-0.25, -0.2) is 4.79 Å². The van der Waals surface area contributed by atoms with Crippen LogP contribution in [0.2, 0.25) is 0 Å². The van der Waals surface area contributed by atoms with Crippen molar-refractivity contribution in [1.29, 1.82) is 0 Å². The third-order valence-electron chi connectivity index (χ3n) is 4.55. The molecule has 2 N–H and O–H groups in total. The topological polar surface area (TPSA) is 61.4 Å². The SMILES string of the molecule is C[C@@H]1Cc2ccc(CNC(=O)NC(C)(C)C)cc2N1C(=O)c1ccccc1. The lowest BCUT2D eigenvalue weighted by Crippen LogP contribution is -2.46. The van der Waals surface area contributed by atoms with Gasteiger partial charge in [0.2, 0.25) is 0 Å². The fourth-order valence-electron chi connectivity index (χ4n) is 3.36. The van der Waals surface area contributed by atoms with E-state index in [1.165, 1.54) is 0 Å². The number of anilines is 1. The molecule has 0 bridgehead atoms. The van der Waals surface area contributed by atoms with Gasteiger partial charge >= 0.3 is 6.03 Å². The normalized spacial score (nSPS) is 16.0. The van der Waals surface area contributed by atoms with Gasteiger partial charge in [-0.1, -0.05) is 30.3 Å². The number of carbonyl (C=O) groups is 2. The van der Waals surface area contributed by atoms with E-state index in [4.69, 9.17) is 0 Å². The van der Waals surface area contributed by atoms with Crippen molar-refractivity contribution < 1.29 is 9.59 Å². The Morgan fingerprint density at radius 2 is 1.81 bits per heavy atom. The second-order valence-corrected chi connectivity index (χ2v) is 8.12. The Balaban J connectivity index is 1.77. The first-order valence-corrected chi connectivity index (χ1v) is 9.31. The summed E-state index contributed by atoms with van der Waals surface area (Å²) in [7, 11) is 0.